The van der Waals surface area contributed by atoms with Crippen LogP contribution in [0, 0.1) is 6.92 Å². The highest BCUT2D eigenvalue weighted by Crippen LogP contribution is 2.35. The molecule has 23 heavy (non-hydrogen) atoms. The standard InChI is InChI=1S/C19H20N4/c1-4-13-5-6-16-19(22-13)14(7-9-21-16)18-11(2)17-12(3)20-10-8-15(17)23-18/h5-7,9,20,23H,3-4,8,10H2,1-2H3. The largest absolute Gasteiger partial charge is 0.385 e. The first-order valence-corrected chi connectivity index (χ1v) is 8.08. The van der Waals surface area contributed by atoms with Crippen LogP contribution in [0.25, 0.3) is 28.0 Å². The van der Waals surface area contributed by atoms with Crippen molar-refractivity contribution in [2.24, 2.45) is 0 Å². The van der Waals surface area contributed by atoms with Crippen molar-refractivity contribution in [3.05, 3.63) is 53.5 Å². The Labute approximate surface area is 135 Å². The van der Waals surface area contributed by atoms with E-state index in [4.69, 9.17) is 4.98 Å². The molecule has 0 unspecified atom stereocenters. The van der Waals surface area contributed by atoms with Gasteiger partial charge in [0.1, 0.15) is 0 Å². The van der Waals surface area contributed by atoms with Crippen LogP contribution >= 0.6 is 0 Å². The summed E-state index contributed by atoms with van der Waals surface area (Å²) in [5, 5.41) is 3.36. The summed E-state index contributed by atoms with van der Waals surface area (Å²) in [6, 6.07) is 6.16. The van der Waals surface area contributed by atoms with Crippen molar-refractivity contribution in [2.45, 2.75) is 26.7 Å². The van der Waals surface area contributed by atoms with Crippen molar-refractivity contribution < 1.29 is 0 Å². The van der Waals surface area contributed by atoms with E-state index in [0.717, 1.165) is 53.1 Å². The fourth-order valence-corrected chi connectivity index (χ4v) is 3.41. The Bertz CT molecular complexity index is 921. The number of aryl methyl sites for hydroxylation is 1. The van der Waals surface area contributed by atoms with Gasteiger partial charge in [0.15, 0.2) is 0 Å². The lowest BCUT2D eigenvalue weighted by Crippen LogP contribution is -2.21. The lowest BCUT2D eigenvalue weighted by atomic mass is 10.00. The van der Waals surface area contributed by atoms with Crippen molar-refractivity contribution in [3.8, 4) is 11.3 Å². The van der Waals surface area contributed by atoms with Crippen LogP contribution in [0.5, 0.6) is 0 Å². The molecule has 0 saturated heterocycles. The van der Waals surface area contributed by atoms with E-state index in [9.17, 15) is 0 Å². The molecule has 0 amide bonds. The van der Waals surface area contributed by atoms with Crippen molar-refractivity contribution in [2.75, 3.05) is 6.54 Å². The molecule has 4 heteroatoms. The number of aromatic amines is 1. The van der Waals surface area contributed by atoms with E-state index >= 15 is 0 Å². The van der Waals surface area contributed by atoms with Crippen molar-refractivity contribution >= 4 is 16.7 Å². The number of aromatic nitrogens is 3. The number of hydrogen-bond acceptors (Lipinski definition) is 3. The minimum atomic E-state index is 0.922. The number of fused-ring (bicyclic) bond motifs is 2. The maximum absolute atomic E-state index is 4.82. The maximum Gasteiger partial charge on any atom is 0.0983 e. The predicted octanol–water partition coefficient (Wildman–Crippen LogP) is 3.61. The molecule has 116 valence electrons. The molecular weight excluding hydrogens is 284 g/mol. The van der Waals surface area contributed by atoms with Crippen LogP contribution in [-0.2, 0) is 12.8 Å². The van der Waals surface area contributed by atoms with Crippen LogP contribution in [0.3, 0.4) is 0 Å². The van der Waals surface area contributed by atoms with E-state index < -0.39 is 0 Å². The molecule has 0 aromatic carbocycles. The first-order chi connectivity index (χ1) is 11.2. The maximum atomic E-state index is 4.82. The van der Waals surface area contributed by atoms with E-state index in [1.807, 2.05) is 6.20 Å². The zero-order valence-corrected chi connectivity index (χ0v) is 13.5. The third kappa shape index (κ3) is 2.13. The Morgan fingerprint density at radius 2 is 2.13 bits per heavy atom. The van der Waals surface area contributed by atoms with Crippen molar-refractivity contribution in [1.29, 1.82) is 0 Å². The molecule has 0 atom stereocenters. The molecule has 2 N–H and O–H groups in total. The normalized spacial score (nSPS) is 13.9. The Hall–Kier alpha value is -2.62. The molecule has 0 fully saturated rings. The monoisotopic (exact) mass is 304 g/mol. The van der Waals surface area contributed by atoms with Gasteiger partial charge in [0.25, 0.3) is 0 Å². The number of H-pyrrole nitrogens is 1. The van der Waals surface area contributed by atoms with E-state index in [1.54, 1.807) is 0 Å². The van der Waals surface area contributed by atoms with Gasteiger partial charge in [-0.1, -0.05) is 13.5 Å². The molecule has 0 radical (unpaired) electrons. The summed E-state index contributed by atoms with van der Waals surface area (Å²) >= 11 is 0. The van der Waals surface area contributed by atoms with E-state index in [0.29, 0.717) is 0 Å². The van der Waals surface area contributed by atoms with Gasteiger partial charge < -0.3 is 10.3 Å². The molecule has 4 nitrogen and oxygen atoms in total. The molecule has 1 aliphatic heterocycles. The molecule has 0 bridgehead atoms. The fraction of sp³-hybridized carbons (Fsp3) is 0.263. The first-order valence-electron chi connectivity index (χ1n) is 8.08. The zero-order chi connectivity index (χ0) is 16.0. The molecule has 1 aliphatic rings. The quantitative estimate of drug-likeness (QED) is 0.760. The van der Waals surface area contributed by atoms with Gasteiger partial charge in [0, 0.05) is 47.4 Å². The second-order valence-corrected chi connectivity index (χ2v) is 6.02. The van der Waals surface area contributed by atoms with E-state index in [-0.39, 0.29) is 0 Å². The van der Waals surface area contributed by atoms with Crippen LogP contribution < -0.4 is 5.32 Å². The summed E-state index contributed by atoms with van der Waals surface area (Å²) in [5.74, 6) is 0. The summed E-state index contributed by atoms with van der Waals surface area (Å²) in [5.41, 5.74) is 9.96. The Morgan fingerprint density at radius 3 is 2.91 bits per heavy atom. The number of nitrogens with one attached hydrogen (secondary N) is 2. The highest BCUT2D eigenvalue weighted by Gasteiger charge is 2.21. The molecule has 4 heterocycles. The average Bonchev–Trinajstić information content (AvgIpc) is 2.92. The summed E-state index contributed by atoms with van der Waals surface area (Å²) in [4.78, 5) is 12.9. The number of pyridine rings is 2. The topological polar surface area (TPSA) is 53.6 Å². The van der Waals surface area contributed by atoms with Crippen molar-refractivity contribution in [1.82, 2.24) is 20.3 Å². The van der Waals surface area contributed by atoms with Gasteiger partial charge in [-0.2, -0.15) is 0 Å². The van der Waals surface area contributed by atoms with Crippen LogP contribution in [-0.4, -0.2) is 21.5 Å². The lowest BCUT2D eigenvalue weighted by Gasteiger charge is -2.17. The first kappa shape index (κ1) is 14.0. The molecular formula is C19H20N4. The Kier molecular flexibility index (Phi) is 3.18. The van der Waals surface area contributed by atoms with E-state index in [2.05, 4.69) is 53.9 Å². The summed E-state index contributed by atoms with van der Waals surface area (Å²) < 4.78 is 0. The molecule has 3 aromatic rings. The van der Waals surface area contributed by atoms with Gasteiger partial charge in [-0.25, -0.2) is 0 Å². The van der Waals surface area contributed by atoms with Gasteiger partial charge in [-0.05, 0) is 37.1 Å². The molecule has 3 aromatic heterocycles. The average molecular weight is 304 g/mol. The smallest absolute Gasteiger partial charge is 0.0983 e. The minimum absolute atomic E-state index is 0.922. The molecule has 0 spiro atoms. The minimum Gasteiger partial charge on any atom is -0.385 e. The third-order valence-corrected chi connectivity index (χ3v) is 4.62. The predicted molar refractivity (Wildman–Crippen MR) is 94.2 cm³/mol. The van der Waals surface area contributed by atoms with Crippen LogP contribution in [0.1, 0.15) is 29.4 Å². The van der Waals surface area contributed by atoms with Gasteiger partial charge in [0.2, 0.25) is 0 Å². The van der Waals surface area contributed by atoms with Gasteiger partial charge in [-0.15, -0.1) is 0 Å². The van der Waals surface area contributed by atoms with Crippen LogP contribution in [0.4, 0.5) is 0 Å². The van der Waals surface area contributed by atoms with Gasteiger partial charge in [0.05, 0.1) is 16.7 Å². The number of nitrogens with zero attached hydrogens (tertiary/aromatic N) is 2. The summed E-state index contributed by atoms with van der Waals surface area (Å²) in [7, 11) is 0. The van der Waals surface area contributed by atoms with E-state index in [1.165, 1.54) is 16.8 Å². The van der Waals surface area contributed by atoms with Gasteiger partial charge >= 0.3 is 0 Å². The van der Waals surface area contributed by atoms with Crippen LogP contribution in [0.15, 0.2) is 31.0 Å². The third-order valence-electron chi connectivity index (χ3n) is 4.62. The number of rotatable bonds is 2. The molecule has 0 aliphatic carbocycles. The second kappa shape index (κ2) is 5.23. The van der Waals surface area contributed by atoms with Crippen LogP contribution in [0.2, 0.25) is 0 Å². The summed E-state index contributed by atoms with van der Waals surface area (Å²) in [6.07, 6.45) is 3.77. The summed E-state index contributed by atoms with van der Waals surface area (Å²) in [6.45, 7) is 9.36. The van der Waals surface area contributed by atoms with Crippen molar-refractivity contribution in [3.63, 3.8) is 0 Å². The Morgan fingerprint density at radius 1 is 1.26 bits per heavy atom. The fourth-order valence-electron chi connectivity index (χ4n) is 3.41. The zero-order valence-electron chi connectivity index (χ0n) is 13.5. The number of hydrogen-bond donors (Lipinski definition) is 2. The second-order valence-electron chi connectivity index (χ2n) is 6.02. The highest BCUT2D eigenvalue weighted by atomic mass is 14.9. The molecule has 4 rings (SSSR count). The molecule has 0 saturated carbocycles. The SMILES string of the molecule is C=C1NCCc2[nH]c(-c3ccnc4ccc(CC)nc34)c(C)c21. The Balaban J connectivity index is 1.98. The lowest BCUT2D eigenvalue weighted by molar-refractivity contribution is 0.800. The van der Waals surface area contributed by atoms with Gasteiger partial charge in [-0.3, -0.25) is 9.97 Å². The highest BCUT2D eigenvalue weighted by molar-refractivity contribution is 5.92.